The van der Waals surface area contributed by atoms with Crippen molar-refractivity contribution >= 4 is 33.2 Å². The van der Waals surface area contributed by atoms with Gasteiger partial charge in [0.05, 0.1) is 30.1 Å². The van der Waals surface area contributed by atoms with E-state index in [1.165, 1.54) is 17.0 Å². The Kier molecular flexibility index (Phi) is 8.55. The van der Waals surface area contributed by atoms with Crippen LogP contribution in [0.1, 0.15) is 43.4 Å². The molecule has 0 unspecified atom stereocenters. The summed E-state index contributed by atoms with van der Waals surface area (Å²) in [5.74, 6) is 0.360. The van der Waals surface area contributed by atoms with Crippen LogP contribution in [0.25, 0.3) is 0 Å². The SMILES string of the molecule is CC[C@H](NC(=O)CCCN(c1ccc(OC)c(Cl)c1)S(C)(=O)=O)c1ccc(C)cc1. The normalized spacial score (nSPS) is 12.3. The maximum Gasteiger partial charge on any atom is 0.232 e. The minimum absolute atomic E-state index is 0.0653. The van der Waals surface area contributed by atoms with Gasteiger partial charge in [0.15, 0.2) is 0 Å². The predicted molar refractivity (Wildman–Crippen MR) is 122 cm³/mol. The minimum Gasteiger partial charge on any atom is -0.495 e. The molecule has 2 rings (SSSR count). The van der Waals surface area contributed by atoms with Gasteiger partial charge in [0.1, 0.15) is 5.75 Å². The first-order valence-corrected chi connectivity index (χ1v) is 12.1. The zero-order valence-electron chi connectivity index (χ0n) is 17.8. The Balaban J connectivity index is 2.00. The zero-order valence-corrected chi connectivity index (χ0v) is 19.4. The van der Waals surface area contributed by atoms with E-state index < -0.39 is 10.0 Å². The molecule has 0 aliphatic carbocycles. The topological polar surface area (TPSA) is 75.7 Å². The van der Waals surface area contributed by atoms with Crippen molar-refractivity contribution in [2.24, 2.45) is 0 Å². The van der Waals surface area contributed by atoms with Crippen molar-refractivity contribution in [3.8, 4) is 5.75 Å². The average molecular weight is 453 g/mol. The molecule has 0 radical (unpaired) electrons. The van der Waals surface area contributed by atoms with Gasteiger partial charge in [-0.1, -0.05) is 48.4 Å². The summed E-state index contributed by atoms with van der Waals surface area (Å²) in [5.41, 5.74) is 2.66. The first-order chi connectivity index (χ1) is 14.2. The number of anilines is 1. The molecule has 0 spiro atoms. The number of carbonyl (C=O) groups excluding carboxylic acids is 1. The van der Waals surface area contributed by atoms with Crippen LogP contribution in [0, 0.1) is 6.92 Å². The molecule has 0 aromatic heterocycles. The summed E-state index contributed by atoms with van der Waals surface area (Å²) in [6.07, 6.45) is 2.51. The number of nitrogens with one attached hydrogen (secondary N) is 1. The zero-order chi connectivity index (χ0) is 22.3. The molecule has 1 atom stereocenters. The number of amides is 1. The third-order valence-electron chi connectivity index (χ3n) is 4.81. The maximum absolute atomic E-state index is 12.4. The van der Waals surface area contributed by atoms with Gasteiger partial charge >= 0.3 is 0 Å². The highest BCUT2D eigenvalue weighted by Gasteiger charge is 2.19. The highest BCUT2D eigenvalue weighted by atomic mass is 35.5. The van der Waals surface area contributed by atoms with Crippen molar-refractivity contribution in [2.75, 3.05) is 24.2 Å². The number of aryl methyl sites for hydroxylation is 1. The summed E-state index contributed by atoms with van der Waals surface area (Å²) in [7, 11) is -2.03. The molecule has 0 heterocycles. The van der Waals surface area contributed by atoms with Gasteiger partial charge in [0, 0.05) is 13.0 Å². The van der Waals surface area contributed by atoms with Crippen molar-refractivity contribution in [1.29, 1.82) is 0 Å². The first-order valence-electron chi connectivity index (χ1n) is 9.83. The Hall–Kier alpha value is -2.25. The number of hydrogen-bond donors (Lipinski definition) is 1. The van der Waals surface area contributed by atoms with E-state index in [4.69, 9.17) is 16.3 Å². The summed E-state index contributed by atoms with van der Waals surface area (Å²) in [4.78, 5) is 12.4. The lowest BCUT2D eigenvalue weighted by Crippen LogP contribution is -2.33. The van der Waals surface area contributed by atoms with Crippen LogP contribution < -0.4 is 14.4 Å². The van der Waals surface area contributed by atoms with Crippen molar-refractivity contribution in [3.63, 3.8) is 0 Å². The predicted octanol–water partition coefficient (Wildman–Crippen LogP) is 4.47. The van der Waals surface area contributed by atoms with Crippen LogP contribution in [-0.4, -0.2) is 34.2 Å². The van der Waals surface area contributed by atoms with Gasteiger partial charge in [-0.25, -0.2) is 8.42 Å². The summed E-state index contributed by atoms with van der Waals surface area (Å²) in [5, 5.41) is 3.36. The van der Waals surface area contributed by atoms with Gasteiger partial charge in [0.2, 0.25) is 15.9 Å². The van der Waals surface area contributed by atoms with Crippen LogP contribution in [0.15, 0.2) is 42.5 Å². The van der Waals surface area contributed by atoms with Crippen LogP contribution in [-0.2, 0) is 14.8 Å². The lowest BCUT2D eigenvalue weighted by atomic mass is 10.0. The number of benzene rings is 2. The lowest BCUT2D eigenvalue weighted by Gasteiger charge is -2.23. The van der Waals surface area contributed by atoms with Crippen LogP contribution in [0.2, 0.25) is 5.02 Å². The fourth-order valence-corrected chi connectivity index (χ4v) is 4.38. The Labute approximate surface area is 184 Å². The Morgan fingerprint density at radius 3 is 2.40 bits per heavy atom. The number of methoxy groups -OCH3 is 1. The van der Waals surface area contributed by atoms with E-state index >= 15 is 0 Å². The fourth-order valence-electron chi connectivity index (χ4n) is 3.17. The van der Waals surface area contributed by atoms with Crippen molar-refractivity contribution < 1.29 is 17.9 Å². The largest absolute Gasteiger partial charge is 0.495 e. The molecule has 164 valence electrons. The number of carbonyl (C=O) groups is 1. The lowest BCUT2D eigenvalue weighted by molar-refractivity contribution is -0.121. The second kappa shape index (κ2) is 10.7. The molecule has 0 aliphatic rings. The molecule has 2 aromatic carbocycles. The fraction of sp³-hybridized carbons (Fsp3) is 0.409. The molecule has 30 heavy (non-hydrogen) atoms. The Morgan fingerprint density at radius 2 is 1.87 bits per heavy atom. The number of sulfonamides is 1. The molecule has 2 aromatic rings. The molecule has 1 N–H and O–H groups in total. The average Bonchev–Trinajstić information content (AvgIpc) is 2.69. The van der Waals surface area contributed by atoms with Gasteiger partial charge in [-0.15, -0.1) is 0 Å². The van der Waals surface area contributed by atoms with Crippen LogP contribution >= 0.6 is 11.6 Å². The van der Waals surface area contributed by atoms with E-state index in [-0.39, 0.29) is 24.9 Å². The summed E-state index contributed by atoms with van der Waals surface area (Å²) >= 11 is 6.14. The van der Waals surface area contributed by atoms with Gasteiger partial charge < -0.3 is 10.1 Å². The molecule has 0 saturated heterocycles. The monoisotopic (exact) mass is 452 g/mol. The summed E-state index contributed by atoms with van der Waals surface area (Å²) in [6.45, 7) is 4.21. The molecule has 1 amide bonds. The molecule has 8 heteroatoms. The summed E-state index contributed by atoms with van der Waals surface area (Å²) < 4.78 is 30.9. The van der Waals surface area contributed by atoms with Crippen LogP contribution in [0.5, 0.6) is 5.75 Å². The molecular formula is C22H29ClN2O4S. The summed E-state index contributed by atoms with van der Waals surface area (Å²) in [6, 6.07) is 12.8. The Morgan fingerprint density at radius 1 is 1.20 bits per heavy atom. The first kappa shape index (κ1) is 24.0. The molecule has 0 aliphatic heterocycles. The number of ether oxygens (including phenoxy) is 1. The molecule has 6 nitrogen and oxygen atoms in total. The second-order valence-corrected chi connectivity index (χ2v) is 9.51. The number of hydrogen-bond acceptors (Lipinski definition) is 4. The van der Waals surface area contributed by atoms with E-state index in [1.54, 1.807) is 18.2 Å². The van der Waals surface area contributed by atoms with Gasteiger partial charge in [0.25, 0.3) is 0 Å². The maximum atomic E-state index is 12.4. The quantitative estimate of drug-likeness (QED) is 0.577. The van der Waals surface area contributed by atoms with E-state index in [0.29, 0.717) is 22.9 Å². The molecular weight excluding hydrogens is 424 g/mol. The van der Waals surface area contributed by atoms with E-state index in [9.17, 15) is 13.2 Å². The smallest absolute Gasteiger partial charge is 0.232 e. The van der Waals surface area contributed by atoms with Crippen molar-refractivity contribution in [1.82, 2.24) is 5.32 Å². The van der Waals surface area contributed by atoms with Gasteiger partial charge in [-0.05, 0) is 43.5 Å². The number of nitrogens with zero attached hydrogens (tertiary/aromatic N) is 1. The minimum atomic E-state index is -3.52. The number of rotatable bonds is 10. The van der Waals surface area contributed by atoms with E-state index in [0.717, 1.165) is 18.2 Å². The van der Waals surface area contributed by atoms with Crippen LogP contribution in [0.4, 0.5) is 5.69 Å². The van der Waals surface area contributed by atoms with Crippen molar-refractivity contribution in [3.05, 3.63) is 58.6 Å². The molecule has 0 fully saturated rings. The second-order valence-electron chi connectivity index (χ2n) is 7.20. The van der Waals surface area contributed by atoms with Gasteiger partial charge in [-0.2, -0.15) is 0 Å². The standard InChI is InChI=1S/C22H29ClN2O4S/c1-5-20(17-10-8-16(2)9-11-17)24-22(26)7-6-14-25(30(4,27)28)18-12-13-21(29-3)19(23)15-18/h8-13,15,20H,5-7,14H2,1-4H3,(H,24,26)/t20-/m0/s1. The third-order valence-corrected chi connectivity index (χ3v) is 6.30. The van der Waals surface area contributed by atoms with Crippen molar-refractivity contribution in [2.45, 2.75) is 39.2 Å². The van der Waals surface area contributed by atoms with Crippen LogP contribution in [0.3, 0.4) is 0 Å². The highest BCUT2D eigenvalue weighted by Crippen LogP contribution is 2.30. The highest BCUT2D eigenvalue weighted by molar-refractivity contribution is 7.92. The van der Waals surface area contributed by atoms with Gasteiger partial charge in [-0.3, -0.25) is 9.10 Å². The third kappa shape index (κ3) is 6.64. The van der Waals surface area contributed by atoms with E-state index in [2.05, 4.69) is 5.32 Å². The van der Waals surface area contributed by atoms with E-state index in [1.807, 2.05) is 38.1 Å². The number of halogens is 1. The molecule has 0 saturated carbocycles. The Bertz CT molecular complexity index is 962. The molecule has 0 bridgehead atoms.